The normalized spacial score (nSPS) is 31.3. The topological polar surface area (TPSA) is 75.6 Å². The van der Waals surface area contributed by atoms with E-state index in [0.717, 1.165) is 6.42 Å². The number of carboxylic acids is 1. The molecule has 0 heterocycles. The molecule has 18 heavy (non-hydrogen) atoms. The van der Waals surface area contributed by atoms with Gasteiger partial charge in [0.2, 0.25) is 5.91 Å². The molecule has 5 nitrogen and oxygen atoms in total. The maximum atomic E-state index is 12.0. The standard InChI is InChI=1S/C13H21NO4/c1-4-18-9-7-8(12(9,2)3)14-10(15)13(5-6-13)11(16)17/h8-9H,4-7H2,1-3H3,(H,14,15)(H,16,17). The van der Waals surface area contributed by atoms with E-state index in [1.165, 1.54) is 0 Å². The third-order valence-electron chi connectivity index (χ3n) is 4.44. The fraction of sp³-hybridized carbons (Fsp3) is 0.846. The zero-order chi connectivity index (χ0) is 13.6. The van der Waals surface area contributed by atoms with Crippen molar-refractivity contribution in [3.63, 3.8) is 0 Å². The van der Waals surface area contributed by atoms with Crippen LogP contribution in [0.5, 0.6) is 0 Å². The van der Waals surface area contributed by atoms with Gasteiger partial charge in [0.15, 0.2) is 0 Å². The van der Waals surface area contributed by atoms with Crippen molar-refractivity contribution < 1.29 is 19.4 Å². The Morgan fingerprint density at radius 3 is 2.39 bits per heavy atom. The average Bonchev–Trinajstić information content (AvgIpc) is 3.08. The third-order valence-corrected chi connectivity index (χ3v) is 4.44. The molecule has 2 aliphatic rings. The van der Waals surface area contributed by atoms with Gasteiger partial charge in [-0.15, -0.1) is 0 Å². The number of carbonyl (C=O) groups excluding carboxylic acids is 1. The van der Waals surface area contributed by atoms with Crippen molar-refractivity contribution in [3.05, 3.63) is 0 Å². The number of ether oxygens (including phenoxy) is 1. The van der Waals surface area contributed by atoms with Crippen LogP contribution in [0.25, 0.3) is 0 Å². The SMILES string of the molecule is CCOC1CC(NC(=O)C2(C(=O)O)CC2)C1(C)C. The highest BCUT2D eigenvalue weighted by Crippen LogP contribution is 2.48. The Morgan fingerprint density at radius 1 is 1.39 bits per heavy atom. The Bertz CT molecular complexity index is 373. The molecule has 0 aromatic rings. The van der Waals surface area contributed by atoms with E-state index in [0.29, 0.717) is 19.4 Å². The summed E-state index contributed by atoms with van der Waals surface area (Å²) in [5.41, 5.74) is -1.27. The first-order valence-corrected chi connectivity index (χ1v) is 6.50. The fourth-order valence-corrected chi connectivity index (χ4v) is 2.57. The highest BCUT2D eigenvalue weighted by molar-refractivity contribution is 6.05. The largest absolute Gasteiger partial charge is 0.480 e. The van der Waals surface area contributed by atoms with E-state index in [1.54, 1.807) is 0 Å². The summed E-state index contributed by atoms with van der Waals surface area (Å²) < 4.78 is 5.59. The monoisotopic (exact) mass is 255 g/mol. The molecule has 0 aliphatic heterocycles. The first-order valence-electron chi connectivity index (χ1n) is 6.50. The van der Waals surface area contributed by atoms with E-state index in [9.17, 15) is 9.59 Å². The summed E-state index contributed by atoms with van der Waals surface area (Å²) in [4.78, 5) is 23.0. The fourth-order valence-electron chi connectivity index (χ4n) is 2.57. The van der Waals surface area contributed by atoms with E-state index < -0.39 is 11.4 Å². The second-order valence-corrected chi connectivity index (χ2v) is 5.91. The molecule has 0 bridgehead atoms. The van der Waals surface area contributed by atoms with Crippen LogP contribution in [-0.2, 0) is 14.3 Å². The minimum absolute atomic E-state index is 0.0124. The average molecular weight is 255 g/mol. The van der Waals surface area contributed by atoms with Crippen molar-refractivity contribution in [2.45, 2.75) is 52.2 Å². The van der Waals surface area contributed by atoms with Crippen LogP contribution in [0, 0.1) is 10.8 Å². The molecular formula is C13H21NO4. The smallest absolute Gasteiger partial charge is 0.319 e. The zero-order valence-electron chi connectivity index (χ0n) is 11.2. The second kappa shape index (κ2) is 4.23. The summed E-state index contributed by atoms with van der Waals surface area (Å²) in [6.07, 6.45) is 1.82. The number of rotatable bonds is 5. The summed E-state index contributed by atoms with van der Waals surface area (Å²) in [5.74, 6) is -1.33. The quantitative estimate of drug-likeness (QED) is 0.723. The van der Waals surface area contributed by atoms with Gasteiger partial charge in [-0.05, 0) is 26.2 Å². The Balaban J connectivity index is 1.93. The zero-order valence-corrected chi connectivity index (χ0v) is 11.2. The van der Waals surface area contributed by atoms with E-state index in [-0.39, 0.29) is 23.5 Å². The number of hydrogen-bond acceptors (Lipinski definition) is 3. The van der Waals surface area contributed by atoms with Gasteiger partial charge < -0.3 is 15.2 Å². The van der Waals surface area contributed by atoms with Crippen LogP contribution in [0.4, 0.5) is 0 Å². The van der Waals surface area contributed by atoms with E-state index >= 15 is 0 Å². The van der Waals surface area contributed by atoms with E-state index in [4.69, 9.17) is 9.84 Å². The van der Waals surface area contributed by atoms with Crippen molar-refractivity contribution in [2.75, 3.05) is 6.61 Å². The van der Waals surface area contributed by atoms with Crippen molar-refractivity contribution >= 4 is 11.9 Å². The number of nitrogens with one attached hydrogen (secondary N) is 1. The molecular weight excluding hydrogens is 234 g/mol. The Morgan fingerprint density at radius 2 is 2.00 bits per heavy atom. The van der Waals surface area contributed by atoms with Crippen molar-refractivity contribution in [3.8, 4) is 0 Å². The number of hydrogen-bond donors (Lipinski definition) is 2. The van der Waals surface area contributed by atoms with Crippen LogP contribution < -0.4 is 5.32 Å². The van der Waals surface area contributed by atoms with Gasteiger partial charge in [0, 0.05) is 18.1 Å². The van der Waals surface area contributed by atoms with Gasteiger partial charge in [0.1, 0.15) is 5.41 Å². The van der Waals surface area contributed by atoms with Gasteiger partial charge >= 0.3 is 5.97 Å². The highest BCUT2D eigenvalue weighted by atomic mass is 16.5. The maximum absolute atomic E-state index is 12.0. The maximum Gasteiger partial charge on any atom is 0.319 e. The van der Waals surface area contributed by atoms with E-state index in [2.05, 4.69) is 5.32 Å². The van der Waals surface area contributed by atoms with Crippen molar-refractivity contribution in [2.24, 2.45) is 10.8 Å². The lowest BCUT2D eigenvalue weighted by Gasteiger charge is -2.51. The molecule has 1 amide bonds. The van der Waals surface area contributed by atoms with Crippen LogP contribution >= 0.6 is 0 Å². The van der Waals surface area contributed by atoms with Gasteiger partial charge in [-0.2, -0.15) is 0 Å². The van der Waals surface area contributed by atoms with Crippen LogP contribution in [0.2, 0.25) is 0 Å². The van der Waals surface area contributed by atoms with Crippen LogP contribution in [-0.4, -0.2) is 35.7 Å². The first-order chi connectivity index (χ1) is 8.34. The summed E-state index contributed by atoms with van der Waals surface area (Å²) in [5, 5.41) is 11.9. The minimum Gasteiger partial charge on any atom is -0.480 e. The molecule has 102 valence electrons. The number of amides is 1. The van der Waals surface area contributed by atoms with Crippen LogP contribution in [0.1, 0.15) is 40.0 Å². The molecule has 0 spiro atoms. The van der Waals surface area contributed by atoms with E-state index in [1.807, 2.05) is 20.8 Å². The van der Waals surface area contributed by atoms with Crippen LogP contribution in [0.3, 0.4) is 0 Å². The first kappa shape index (κ1) is 13.3. The summed E-state index contributed by atoms with van der Waals surface area (Å²) in [6.45, 7) is 6.70. The highest BCUT2D eigenvalue weighted by Gasteiger charge is 2.59. The number of aliphatic carboxylic acids is 1. The molecule has 0 radical (unpaired) electrons. The molecule has 2 unspecified atom stereocenters. The summed E-state index contributed by atoms with van der Waals surface area (Å²) in [6, 6.07) is 0.0124. The molecule has 2 fully saturated rings. The number of carbonyl (C=O) groups is 2. The molecule has 2 atom stereocenters. The lowest BCUT2D eigenvalue weighted by atomic mass is 9.64. The van der Waals surface area contributed by atoms with Gasteiger partial charge in [-0.3, -0.25) is 9.59 Å². The molecule has 2 saturated carbocycles. The Kier molecular flexibility index (Phi) is 3.13. The lowest BCUT2D eigenvalue weighted by molar-refractivity contribution is -0.153. The second-order valence-electron chi connectivity index (χ2n) is 5.91. The van der Waals surface area contributed by atoms with Crippen LogP contribution in [0.15, 0.2) is 0 Å². The van der Waals surface area contributed by atoms with Crippen molar-refractivity contribution in [1.29, 1.82) is 0 Å². The Labute approximate surface area is 107 Å². The molecule has 2 rings (SSSR count). The lowest BCUT2D eigenvalue weighted by Crippen LogP contribution is -2.63. The Hall–Kier alpha value is -1.10. The summed E-state index contributed by atoms with van der Waals surface area (Å²) >= 11 is 0. The molecule has 5 heteroatoms. The number of carboxylic acid groups (broad SMARTS) is 1. The molecule has 0 saturated heterocycles. The minimum atomic E-state index is -1.15. The third kappa shape index (κ3) is 1.90. The van der Waals surface area contributed by atoms with Gasteiger partial charge in [0.25, 0.3) is 0 Å². The van der Waals surface area contributed by atoms with Gasteiger partial charge in [-0.25, -0.2) is 0 Å². The van der Waals surface area contributed by atoms with Crippen molar-refractivity contribution in [1.82, 2.24) is 5.32 Å². The molecule has 0 aromatic heterocycles. The summed E-state index contributed by atoms with van der Waals surface area (Å²) in [7, 11) is 0. The molecule has 2 N–H and O–H groups in total. The molecule has 0 aromatic carbocycles. The predicted octanol–water partition coefficient (Wildman–Crippen LogP) is 1.17. The van der Waals surface area contributed by atoms with Gasteiger partial charge in [0.05, 0.1) is 6.10 Å². The molecule has 2 aliphatic carbocycles. The van der Waals surface area contributed by atoms with Gasteiger partial charge in [-0.1, -0.05) is 13.8 Å². The predicted molar refractivity (Wildman–Crippen MR) is 65.0 cm³/mol.